The number of nitrogens with two attached hydrogens (primary N) is 1. The molecule has 4 aromatic rings. The van der Waals surface area contributed by atoms with E-state index in [1.165, 1.54) is 30.3 Å². The van der Waals surface area contributed by atoms with Crippen LogP contribution in [0.4, 0.5) is 10.1 Å². The van der Waals surface area contributed by atoms with Crippen molar-refractivity contribution < 1.29 is 18.7 Å². The number of H-pyrrole nitrogens is 1. The third kappa shape index (κ3) is 5.58. The highest BCUT2D eigenvalue weighted by atomic mass is 35.5. The number of rotatable bonds is 7. The van der Waals surface area contributed by atoms with Crippen LogP contribution in [0.5, 0.6) is 11.5 Å². The molecule has 0 spiro atoms. The van der Waals surface area contributed by atoms with Crippen LogP contribution in [0.15, 0.2) is 54.6 Å². The molecule has 0 saturated heterocycles. The quantitative estimate of drug-likeness (QED) is 0.266. The summed E-state index contributed by atoms with van der Waals surface area (Å²) in [7, 11) is 0. The Morgan fingerprint density at radius 2 is 1.92 bits per heavy atom. The van der Waals surface area contributed by atoms with Crippen molar-refractivity contribution in [2.45, 2.75) is 6.54 Å². The molecule has 8 nitrogen and oxygen atoms in total. The molecule has 0 atom stereocenters. The average Bonchev–Trinajstić information content (AvgIpc) is 3.29. The summed E-state index contributed by atoms with van der Waals surface area (Å²) in [6.07, 6.45) is 0. The number of carbonyl (C=O) groups excluding carboxylic acids is 2. The van der Waals surface area contributed by atoms with Crippen LogP contribution in [0.25, 0.3) is 10.9 Å². The molecule has 5 N–H and O–H groups in total. The summed E-state index contributed by atoms with van der Waals surface area (Å²) in [5, 5.41) is 15.3. The second-order valence-electron chi connectivity index (χ2n) is 7.66. The standard InChI is InChI=1S/C25H18Cl2FN5O3/c26-16-5-13(10-29)6-18(9-16)36-24-19(27)3-1-14(23(24)28)12-31-25(35)21-8-15-7-17(32-22(34)11-30)2-4-20(15)33-21/h1-9,33H,11-12,30H2,(H,31,35)(H,32,34). The van der Waals surface area contributed by atoms with E-state index >= 15 is 4.39 Å². The Balaban J connectivity index is 1.50. The third-order valence-electron chi connectivity index (χ3n) is 5.12. The first-order valence-electron chi connectivity index (χ1n) is 10.5. The van der Waals surface area contributed by atoms with Crippen molar-refractivity contribution in [1.82, 2.24) is 10.3 Å². The van der Waals surface area contributed by atoms with Crippen LogP contribution >= 0.6 is 23.2 Å². The fraction of sp³-hybridized carbons (Fsp3) is 0.0800. The molecule has 4 rings (SSSR count). The number of hydrogen-bond acceptors (Lipinski definition) is 5. The van der Waals surface area contributed by atoms with Gasteiger partial charge in [0.1, 0.15) is 11.4 Å². The van der Waals surface area contributed by atoms with Gasteiger partial charge in [-0.1, -0.05) is 29.3 Å². The molecule has 0 saturated carbocycles. The first kappa shape index (κ1) is 25.0. The van der Waals surface area contributed by atoms with E-state index in [9.17, 15) is 9.59 Å². The van der Waals surface area contributed by atoms with E-state index in [1.54, 1.807) is 24.3 Å². The second-order valence-corrected chi connectivity index (χ2v) is 8.50. The van der Waals surface area contributed by atoms with Crippen LogP contribution in [0.2, 0.25) is 10.0 Å². The first-order chi connectivity index (χ1) is 17.3. The number of aromatic nitrogens is 1. The second kappa shape index (κ2) is 10.7. The van der Waals surface area contributed by atoms with Gasteiger partial charge in [0.15, 0.2) is 11.6 Å². The Hall–Kier alpha value is -4.10. The van der Waals surface area contributed by atoms with Gasteiger partial charge in [0.25, 0.3) is 5.91 Å². The number of anilines is 1. The summed E-state index contributed by atoms with van der Waals surface area (Å²) in [5.41, 5.74) is 7.16. The zero-order chi connectivity index (χ0) is 25.8. The molecule has 0 unspecified atom stereocenters. The maximum Gasteiger partial charge on any atom is 0.267 e. The molecule has 11 heteroatoms. The lowest BCUT2D eigenvalue weighted by atomic mass is 10.2. The predicted molar refractivity (Wildman–Crippen MR) is 135 cm³/mol. The van der Waals surface area contributed by atoms with Gasteiger partial charge in [-0.25, -0.2) is 4.39 Å². The Kier molecular flexibility index (Phi) is 7.41. The third-order valence-corrected chi connectivity index (χ3v) is 5.64. The number of benzene rings is 3. The molecule has 1 heterocycles. The lowest BCUT2D eigenvalue weighted by Crippen LogP contribution is -2.23. The highest BCUT2D eigenvalue weighted by Gasteiger charge is 2.17. The largest absolute Gasteiger partial charge is 0.453 e. The van der Waals surface area contributed by atoms with Crippen LogP contribution in [0.3, 0.4) is 0 Å². The van der Waals surface area contributed by atoms with E-state index in [0.29, 0.717) is 16.6 Å². The summed E-state index contributed by atoms with van der Waals surface area (Å²) in [6, 6.07) is 15.8. The molecule has 0 aliphatic carbocycles. The van der Waals surface area contributed by atoms with Crippen LogP contribution < -0.4 is 21.1 Å². The van der Waals surface area contributed by atoms with E-state index in [1.807, 2.05) is 6.07 Å². The smallest absolute Gasteiger partial charge is 0.267 e. The molecule has 182 valence electrons. The number of hydrogen-bond donors (Lipinski definition) is 4. The van der Waals surface area contributed by atoms with E-state index in [2.05, 4.69) is 15.6 Å². The summed E-state index contributed by atoms with van der Waals surface area (Å²) in [6.45, 7) is -0.294. The fourth-order valence-corrected chi connectivity index (χ4v) is 3.83. The number of nitrogens with zero attached hydrogens (tertiary/aromatic N) is 1. The van der Waals surface area contributed by atoms with Crippen molar-refractivity contribution in [3.8, 4) is 17.6 Å². The molecule has 36 heavy (non-hydrogen) atoms. The molecule has 3 aromatic carbocycles. The number of carbonyl (C=O) groups is 2. The molecule has 0 radical (unpaired) electrons. The van der Waals surface area contributed by atoms with E-state index in [-0.39, 0.29) is 57.4 Å². The maximum atomic E-state index is 15.2. The van der Waals surface area contributed by atoms with E-state index in [4.69, 9.17) is 38.9 Å². The lowest BCUT2D eigenvalue weighted by molar-refractivity contribution is -0.114. The minimum Gasteiger partial charge on any atom is -0.453 e. The fourth-order valence-electron chi connectivity index (χ4n) is 3.42. The molecule has 0 aliphatic rings. The van der Waals surface area contributed by atoms with Crippen molar-refractivity contribution in [3.63, 3.8) is 0 Å². The number of halogens is 3. The van der Waals surface area contributed by atoms with Crippen LogP contribution in [-0.2, 0) is 11.3 Å². The summed E-state index contributed by atoms with van der Waals surface area (Å²) in [5.74, 6) is -1.69. The average molecular weight is 526 g/mol. The molecule has 2 amide bonds. The van der Waals surface area contributed by atoms with Crippen molar-refractivity contribution in [2.24, 2.45) is 5.73 Å². The van der Waals surface area contributed by atoms with Gasteiger partial charge >= 0.3 is 0 Å². The van der Waals surface area contributed by atoms with Gasteiger partial charge in [0, 0.05) is 33.7 Å². The number of fused-ring (bicyclic) bond motifs is 1. The zero-order valence-electron chi connectivity index (χ0n) is 18.5. The van der Waals surface area contributed by atoms with Crippen molar-refractivity contribution in [2.75, 3.05) is 11.9 Å². The summed E-state index contributed by atoms with van der Waals surface area (Å²) in [4.78, 5) is 27.2. The van der Waals surface area contributed by atoms with Gasteiger partial charge in [-0.2, -0.15) is 5.26 Å². The Morgan fingerprint density at radius 3 is 2.67 bits per heavy atom. The number of ether oxygens (including phenoxy) is 1. The van der Waals surface area contributed by atoms with Gasteiger partial charge in [0.2, 0.25) is 5.91 Å². The molecule has 0 bridgehead atoms. The van der Waals surface area contributed by atoms with Gasteiger partial charge in [-0.15, -0.1) is 0 Å². The van der Waals surface area contributed by atoms with E-state index < -0.39 is 11.7 Å². The number of nitriles is 1. The molecular weight excluding hydrogens is 508 g/mol. The highest BCUT2D eigenvalue weighted by Crippen LogP contribution is 2.35. The van der Waals surface area contributed by atoms with Gasteiger partial charge in [0.05, 0.1) is 23.2 Å². The summed E-state index contributed by atoms with van der Waals surface area (Å²) >= 11 is 12.1. The minimum atomic E-state index is -0.766. The number of amides is 2. The van der Waals surface area contributed by atoms with Gasteiger partial charge in [-0.3, -0.25) is 9.59 Å². The van der Waals surface area contributed by atoms with Crippen LogP contribution in [0.1, 0.15) is 21.6 Å². The zero-order valence-corrected chi connectivity index (χ0v) is 20.0. The Labute approximate surface area is 214 Å². The van der Waals surface area contributed by atoms with Crippen molar-refractivity contribution in [1.29, 1.82) is 5.26 Å². The van der Waals surface area contributed by atoms with Gasteiger partial charge in [-0.05, 0) is 48.5 Å². The van der Waals surface area contributed by atoms with Gasteiger partial charge < -0.3 is 26.1 Å². The summed E-state index contributed by atoms with van der Waals surface area (Å²) < 4.78 is 20.8. The maximum absolute atomic E-state index is 15.2. The molecule has 1 aromatic heterocycles. The minimum absolute atomic E-state index is 0.00853. The SMILES string of the molecule is N#Cc1cc(Cl)cc(Oc2c(Cl)ccc(CNC(=O)c3cc4cc(NC(=O)CN)ccc4[nH]3)c2F)c1. The Morgan fingerprint density at radius 1 is 1.11 bits per heavy atom. The van der Waals surface area contributed by atoms with E-state index in [0.717, 1.165) is 0 Å². The normalized spacial score (nSPS) is 10.6. The number of aromatic amines is 1. The lowest BCUT2D eigenvalue weighted by Gasteiger charge is -2.13. The first-order valence-corrected chi connectivity index (χ1v) is 11.3. The topological polar surface area (TPSA) is 133 Å². The monoisotopic (exact) mass is 525 g/mol. The number of nitrogens with one attached hydrogen (secondary N) is 3. The Bertz CT molecular complexity index is 1530. The van der Waals surface area contributed by atoms with Crippen LogP contribution in [0, 0.1) is 17.1 Å². The predicted octanol–water partition coefficient (Wildman–Crippen LogP) is 5.10. The molecular formula is C25H18Cl2FN5O3. The van der Waals surface area contributed by atoms with Crippen molar-refractivity contribution in [3.05, 3.63) is 87.3 Å². The molecule has 0 aliphatic heterocycles. The highest BCUT2D eigenvalue weighted by molar-refractivity contribution is 6.32. The van der Waals surface area contributed by atoms with Crippen LogP contribution in [-0.4, -0.2) is 23.3 Å². The van der Waals surface area contributed by atoms with Crippen molar-refractivity contribution >= 4 is 51.6 Å². The molecule has 0 fully saturated rings.